The van der Waals surface area contributed by atoms with Crippen molar-refractivity contribution in [2.45, 2.75) is 77.9 Å². The second-order valence-corrected chi connectivity index (χ2v) is 6.19. The zero-order valence-corrected chi connectivity index (χ0v) is 13.9. The Morgan fingerprint density at radius 2 is 1.67 bits per heavy atom. The van der Waals surface area contributed by atoms with E-state index < -0.39 is 0 Å². The molecule has 122 valence electrons. The van der Waals surface area contributed by atoms with Gasteiger partial charge >= 0.3 is 0 Å². The van der Waals surface area contributed by atoms with E-state index in [0.29, 0.717) is 0 Å². The summed E-state index contributed by atoms with van der Waals surface area (Å²) in [5.41, 5.74) is 0. The van der Waals surface area contributed by atoms with Crippen LogP contribution in [0.5, 0.6) is 0 Å². The minimum Gasteiger partial charge on any atom is -0.352 e. The second-order valence-electron chi connectivity index (χ2n) is 6.19. The van der Waals surface area contributed by atoms with E-state index in [9.17, 15) is 9.59 Å². The Morgan fingerprint density at radius 1 is 1.05 bits per heavy atom. The molecule has 1 saturated heterocycles. The highest BCUT2D eigenvalue weighted by atomic mass is 16.2. The van der Waals surface area contributed by atoms with Gasteiger partial charge in [-0.1, -0.05) is 13.3 Å². The number of rotatable bonds is 7. The van der Waals surface area contributed by atoms with E-state index in [1.807, 2.05) is 25.7 Å². The van der Waals surface area contributed by atoms with Gasteiger partial charge in [0.15, 0.2) is 0 Å². The fourth-order valence-electron chi connectivity index (χ4n) is 2.78. The predicted octanol–water partition coefficient (Wildman–Crippen LogP) is 1.67. The molecule has 1 heterocycles. The Hall–Kier alpha value is -1.10. The maximum Gasteiger partial charge on any atom is 0.239 e. The quantitative estimate of drug-likeness (QED) is 0.751. The molecule has 3 atom stereocenters. The van der Waals surface area contributed by atoms with Gasteiger partial charge in [-0.05, 0) is 46.5 Å². The van der Waals surface area contributed by atoms with E-state index in [-0.39, 0.29) is 29.9 Å². The molecule has 0 aromatic heterocycles. The number of amides is 2. The first-order valence-electron chi connectivity index (χ1n) is 8.31. The van der Waals surface area contributed by atoms with Gasteiger partial charge in [0, 0.05) is 19.1 Å². The molecule has 21 heavy (non-hydrogen) atoms. The van der Waals surface area contributed by atoms with E-state index in [2.05, 4.69) is 17.6 Å². The van der Waals surface area contributed by atoms with Crippen LogP contribution in [-0.2, 0) is 9.59 Å². The van der Waals surface area contributed by atoms with Crippen LogP contribution >= 0.6 is 0 Å². The van der Waals surface area contributed by atoms with Gasteiger partial charge < -0.3 is 10.2 Å². The monoisotopic (exact) mass is 297 g/mol. The molecule has 0 spiro atoms. The zero-order valence-electron chi connectivity index (χ0n) is 13.9. The molecule has 0 radical (unpaired) electrons. The Labute approximate surface area is 128 Å². The Kier molecular flexibility index (Phi) is 7.72. The fourth-order valence-corrected chi connectivity index (χ4v) is 2.78. The molecule has 0 aliphatic carbocycles. The van der Waals surface area contributed by atoms with Crippen molar-refractivity contribution in [2.75, 3.05) is 13.1 Å². The smallest absolute Gasteiger partial charge is 0.239 e. The van der Waals surface area contributed by atoms with Crippen molar-refractivity contribution in [3.05, 3.63) is 0 Å². The van der Waals surface area contributed by atoms with Gasteiger partial charge in [-0.2, -0.15) is 0 Å². The molecule has 2 N–H and O–H groups in total. The Bertz CT molecular complexity index is 340. The van der Waals surface area contributed by atoms with Crippen molar-refractivity contribution >= 4 is 11.8 Å². The number of nitrogens with zero attached hydrogens (tertiary/aromatic N) is 1. The van der Waals surface area contributed by atoms with Crippen LogP contribution in [0.3, 0.4) is 0 Å². The number of hydrogen-bond acceptors (Lipinski definition) is 3. The fraction of sp³-hybridized carbons (Fsp3) is 0.875. The molecule has 1 fully saturated rings. The third kappa shape index (κ3) is 6.04. The van der Waals surface area contributed by atoms with Gasteiger partial charge in [-0.3, -0.25) is 14.9 Å². The summed E-state index contributed by atoms with van der Waals surface area (Å²) in [7, 11) is 0. The average molecular weight is 297 g/mol. The first kappa shape index (κ1) is 18.0. The normalized spacial score (nSPS) is 19.7. The van der Waals surface area contributed by atoms with Gasteiger partial charge in [-0.15, -0.1) is 0 Å². The number of piperidine rings is 1. The Morgan fingerprint density at radius 3 is 2.24 bits per heavy atom. The molecule has 1 rings (SSSR count). The summed E-state index contributed by atoms with van der Waals surface area (Å²) in [6.45, 7) is 9.46. The number of carbonyl (C=O) groups is 2. The first-order chi connectivity index (χ1) is 9.95. The lowest BCUT2D eigenvalue weighted by Gasteiger charge is -2.30. The van der Waals surface area contributed by atoms with E-state index in [1.54, 1.807) is 0 Å². The summed E-state index contributed by atoms with van der Waals surface area (Å²) in [5.74, 6) is 0.0743. The summed E-state index contributed by atoms with van der Waals surface area (Å²) < 4.78 is 0. The molecule has 5 nitrogen and oxygen atoms in total. The summed E-state index contributed by atoms with van der Waals surface area (Å²) in [5, 5.41) is 6.10. The summed E-state index contributed by atoms with van der Waals surface area (Å²) in [6.07, 6.45) is 5.40. The molecule has 0 bridgehead atoms. The van der Waals surface area contributed by atoms with Crippen molar-refractivity contribution in [2.24, 2.45) is 0 Å². The van der Waals surface area contributed by atoms with E-state index in [0.717, 1.165) is 38.8 Å². The maximum atomic E-state index is 12.3. The van der Waals surface area contributed by atoms with Crippen molar-refractivity contribution in [3.63, 3.8) is 0 Å². The topological polar surface area (TPSA) is 61.4 Å². The lowest BCUT2D eigenvalue weighted by molar-refractivity contribution is -0.134. The number of nitrogens with one attached hydrogen (secondary N) is 2. The number of carbonyl (C=O) groups excluding carboxylic acids is 2. The van der Waals surface area contributed by atoms with Crippen molar-refractivity contribution < 1.29 is 9.59 Å². The summed E-state index contributed by atoms with van der Waals surface area (Å²) >= 11 is 0. The highest BCUT2D eigenvalue weighted by Crippen LogP contribution is 2.10. The molecule has 0 aromatic rings. The van der Waals surface area contributed by atoms with Crippen LogP contribution in [0.1, 0.15) is 59.8 Å². The van der Waals surface area contributed by atoms with Gasteiger partial charge in [-0.25, -0.2) is 0 Å². The molecule has 1 aliphatic heterocycles. The minimum atomic E-state index is -0.354. The third-order valence-electron chi connectivity index (χ3n) is 4.04. The van der Waals surface area contributed by atoms with E-state index in [4.69, 9.17) is 0 Å². The molecule has 0 aromatic carbocycles. The number of likely N-dealkylation sites (tertiary alicyclic amines) is 1. The van der Waals surface area contributed by atoms with Gasteiger partial charge in [0.1, 0.15) is 0 Å². The second kappa shape index (κ2) is 9.03. The summed E-state index contributed by atoms with van der Waals surface area (Å²) in [6, 6.07) is -0.488. The lowest BCUT2D eigenvalue weighted by Crippen LogP contribution is -2.53. The van der Waals surface area contributed by atoms with Crippen LogP contribution in [0.25, 0.3) is 0 Å². The molecule has 5 heteroatoms. The van der Waals surface area contributed by atoms with Crippen LogP contribution in [0.2, 0.25) is 0 Å². The Balaban J connectivity index is 2.39. The van der Waals surface area contributed by atoms with Crippen molar-refractivity contribution in [3.8, 4) is 0 Å². The van der Waals surface area contributed by atoms with Gasteiger partial charge in [0.2, 0.25) is 11.8 Å². The summed E-state index contributed by atoms with van der Waals surface area (Å²) in [4.78, 5) is 26.3. The van der Waals surface area contributed by atoms with Crippen LogP contribution < -0.4 is 10.6 Å². The van der Waals surface area contributed by atoms with Gasteiger partial charge in [0.05, 0.1) is 12.1 Å². The van der Waals surface area contributed by atoms with Crippen LogP contribution in [0.15, 0.2) is 0 Å². The molecule has 0 saturated carbocycles. The third-order valence-corrected chi connectivity index (χ3v) is 4.04. The minimum absolute atomic E-state index is 0.0331. The van der Waals surface area contributed by atoms with Crippen LogP contribution in [0, 0.1) is 0 Å². The lowest BCUT2D eigenvalue weighted by atomic mass is 10.1. The largest absolute Gasteiger partial charge is 0.352 e. The molecular formula is C16H31N3O2. The standard InChI is InChI=1S/C16H31N3O2/c1-5-9-12(2)17-15(20)13(3)18-14(4)16(21)19-10-7-6-8-11-19/h12-14,18H,5-11H2,1-4H3,(H,17,20). The highest BCUT2D eigenvalue weighted by molar-refractivity contribution is 5.85. The van der Waals surface area contributed by atoms with Crippen molar-refractivity contribution in [1.29, 1.82) is 0 Å². The average Bonchev–Trinajstić information content (AvgIpc) is 2.47. The van der Waals surface area contributed by atoms with Crippen LogP contribution in [-0.4, -0.2) is 47.9 Å². The SMILES string of the molecule is CCCC(C)NC(=O)C(C)NC(C)C(=O)N1CCCCC1. The van der Waals surface area contributed by atoms with E-state index >= 15 is 0 Å². The van der Waals surface area contributed by atoms with Crippen molar-refractivity contribution in [1.82, 2.24) is 15.5 Å². The molecule has 1 aliphatic rings. The number of hydrogen-bond donors (Lipinski definition) is 2. The first-order valence-corrected chi connectivity index (χ1v) is 8.31. The maximum absolute atomic E-state index is 12.3. The molecular weight excluding hydrogens is 266 g/mol. The van der Waals surface area contributed by atoms with Gasteiger partial charge in [0.25, 0.3) is 0 Å². The predicted molar refractivity (Wildman–Crippen MR) is 85.0 cm³/mol. The van der Waals surface area contributed by atoms with E-state index in [1.165, 1.54) is 6.42 Å². The van der Waals surface area contributed by atoms with Crippen LogP contribution in [0.4, 0.5) is 0 Å². The highest BCUT2D eigenvalue weighted by Gasteiger charge is 2.25. The molecule has 3 unspecified atom stereocenters. The molecule has 2 amide bonds. The zero-order chi connectivity index (χ0) is 15.8.